The minimum absolute atomic E-state index is 0.0845. The highest BCUT2D eigenvalue weighted by molar-refractivity contribution is 7.84. The summed E-state index contributed by atoms with van der Waals surface area (Å²) in [6.07, 6.45) is 10.5. The molecule has 1 fully saturated rings. The fourth-order valence-corrected chi connectivity index (χ4v) is 8.60. The molecule has 6 unspecified atom stereocenters. The summed E-state index contributed by atoms with van der Waals surface area (Å²) >= 11 is 6.40. The molecule has 4 aliphatic rings. The molecule has 0 aromatic heterocycles. The van der Waals surface area contributed by atoms with Crippen LogP contribution in [0.25, 0.3) is 0 Å². The molecule has 1 N–H and O–H groups in total. The Balaban J connectivity index is 1.38. The number of hydrogen-bond donors (Lipinski definition) is 1. The van der Waals surface area contributed by atoms with Gasteiger partial charge in [0.1, 0.15) is 16.7 Å². The van der Waals surface area contributed by atoms with Crippen LogP contribution in [0, 0.1) is 17.8 Å². The van der Waals surface area contributed by atoms with Crippen LogP contribution in [0.3, 0.4) is 0 Å². The van der Waals surface area contributed by atoms with Crippen molar-refractivity contribution in [3.05, 3.63) is 58.1 Å². The van der Waals surface area contributed by atoms with E-state index in [9.17, 15) is 9.00 Å². The molecule has 2 aromatic carbocycles. The van der Waals surface area contributed by atoms with E-state index in [1.165, 1.54) is 36.8 Å². The number of nitrogens with one attached hydrogen (secondary N) is 1. The van der Waals surface area contributed by atoms with Gasteiger partial charge < -0.3 is 9.64 Å². The van der Waals surface area contributed by atoms with Crippen LogP contribution in [-0.2, 0) is 22.8 Å². The highest BCUT2D eigenvalue weighted by atomic mass is 35.5. The Bertz CT molecular complexity index is 1270. The van der Waals surface area contributed by atoms with Crippen LogP contribution in [0.15, 0.2) is 36.4 Å². The monoisotopic (exact) mass is 568 g/mol. The standard InChI is InChI=1S/C32H41ClN2O3S/c1-21-6-3-4-7-23-9-10-26(23)18-35-19-32(15-5-8-24-16-27(33)12-13-28(24)32)20-38-30-14-11-25(17-29(30)35)31(36)34-39(37)22(21)2/h11-14,16-17,21-23,26H,3-10,15,18-20H2,1-2H3,(H,34,36). The van der Waals surface area contributed by atoms with Crippen molar-refractivity contribution in [2.75, 3.05) is 24.6 Å². The van der Waals surface area contributed by atoms with Gasteiger partial charge >= 0.3 is 0 Å². The fourth-order valence-electron chi connectivity index (χ4n) is 7.36. The van der Waals surface area contributed by atoms with Crippen molar-refractivity contribution < 1.29 is 13.7 Å². The first-order chi connectivity index (χ1) is 18.8. The molecule has 2 aromatic rings. The number of fused-ring (bicyclic) bond motifs is 4. The van der Waals surface area contributed by atoms with Gasteiger partial charge in [-0.2, -0.15) is 0 Å². The normalized spacial score (nSPS) is 33.2. The molecule has 1 amide bonds. The van der Waals surface area contributed by atoms with E-state index in [1.54, 1.807) is 0 Å². The Kier molecular flexibility index (Phi) is 7.71. The van der Waals surface area contributed by atoms with Crippen molar-refractivity contribution >= 4 is 34.2 Å². The highest BCUT2D eigenvalue weighted by Gasteiger charge is 2.43. The molecule has 2 aliphatic carbocycles. The number of carbonyl (C=O) groups excluding carboxylic acids is 1. The second-order valence-electron chi connectivity index (χ2n) is 12.6. The van der Waals surface area contributed by atoms with E-state index >= 15 is 0 Å². The number of aryl methyl sites for hydroxylation is 1. The van der Waals surface area contributed by atoms with Gasteiger partial charge in [-0.15, -0.1) is 0 Å². The summed E-state index contributed by atoms with van der Waals surface area (Å²) in [5.74, 6) is 2.28. The molecule has 1 saturated carbocycles. The van der Waals surface area contributed by atoms with Gasteiger partial charge in [0.25, 0.3) is 5.91 Å². The maximum atomic E-state index is 13.3. The van der Waals surface area contributed by atoms with Crippen LogP contribution in [-0.4, -0.2) is 35.1 Å². The van der Waals surface area contributed by atoms with E-state index in [4.69, 9.17) is 16.3 Å². The first kappa shape index (κ1) is 27.1. The minimum atomic E-state index is -1.43. The second kappa shape index (κ2) is 11.1. The molecular weight excluding hydrogens is 528 g/mol. The van der Waals surface area contributed by atoms with Gasteiger partial charge in [0.2, 0.25) is 0 Å². The molecule has 6 atom stereocenters. The number of amides is 1. The lowest BCUT2D eigenvalue weighted by molar-refractivity contribution is 0.0982. The number of ether oxygens (including phenoxy) is 1. The summed E-state index contributed by atoms with van der Waals surface area (Å²) in [7, 11) is -1.43. The Morgan fingerprint density at radius 3 is 2.67 bits per heavy atom. The number of anilines is 1. The van der Waals surface area contributed by atoms with Crippen LogP contribution >= 0.6 is 11.6 Å². The smallest absolute Gasteiger partial charge is 0.263 e. The number of rotatable bonds is 0. The van der Waals surface area contributed by atoms with E-state index in [-0.39, 0.29) is 16.6 Å². The Labute approximate surface area is 240 Å². The van der Waals surface area contributed by atoms with E-state index < -0.39 is 11.0 Å². The number of halogens is 1. The van der Waals surface area contributed by atoms with E-state index in [0.717, 1.165) is 67.6 Å². The SMILES string of the molecule is CC1CCCCC2CCC2CN2CC3(CCCc4cc(Cl)ccc43)COc3ccc(cc32)C(=O)NS(=O)C1C. The van der Waals surface area contributed by atoms with Gasteiger partial charge in [-0.1, -0.05) is 43.9 Å². The fraction of sp³-hybridized carbons (Fsp3) is 0.594. The average Bonchev–Trinajstić information content (AvgIpc) is 3.06. The zero-order valence-electron chi connectivity index (χ0n) is 23.2. The lowest BCUT2D eigenvalue weighted by Gasteiger charge is -2.44. The molecular formula is C32H41ClN2O3S. The number of hydrogen-bond acceptors (Lipinski definition) is 4. The predicted octanol–water partition coefficient (Wildman–Crippen LogP) is 6.83. The summed E-state index contributed by atoms with van der Waals surface area (Å²) in [5, 5.41) is 0.710. The summed E-state index contributed by atoms with van der Waals surface area (Å²) in [6, 6.07) is 12.1. The zero-order chi connectivity index (χ0) is 27.1. The van der Waals surface area contributed by atoms with Crippen molar-refractivity contribution in [3.8, 4) is 5.75 Å². The summed E-state index contributed by atoms with van der Waals surface area (Å²) in [5.41, 5.74) is 4.11. The first-order valence-electron chi connectivity index (χ1n) is 14.9. The Morgan fingerprint density at radius 2 is 1.85 bits per heavy atom. The number of benzene rings is 2. The van der Waals surface area contributed by atoms with E-state index in [2.05, 4.69) is 28.7 Å². The van der Waals surface area contributed by atoms with Crippen LogP contribution in [0.2, 0.25) is 5.02 Å². The third-order valence-corrected chi connectivity index (χ3v) is 11.9. The lowest BCUT2D eigenvalue weighted by atomic mass is 9.68. The van der Waals surface area contributed by atoms with Crippen molar-refractivity contribution in [2.45, 2.75) is 82.3 Å². The van der Waals surface area contributed by atoms with Crippen LogP contribution in [0.4, 0.5) is 5.69 Å². The van der Waals surface area contributed by atoms with Crippen molar-refractivity contribution in [1.29, 1.82) is 0 Å². The lowest BCUT2D eigenvalue weighted by Crippen LogP contribution is -2.48. The van der Waals surface area contributed by atoms with Crippen molar-refractivity contribution in [2.24, 2.45) is 17.8 Å². The maximum absolute atomic E-state index is 13.3. The van der Waals surface area contributed by atoms with Gasteiger partial charge in [0, 0.05) is 29.1 Å². The second-order valence-corrected chi connectivity index (χ2v) is 14.6. The molecule has 39 heavy (non-hydrogen) atoms. The summed E-state index contributed by atoms with van der Waals surface area (Å²) in [6.45, 7) is 6.62. The molecule has 7 heteroatoms. The highest BCUT2D eigenvalue weighted by Crippen LogP contribution is 2.47. The molecule has 6 rings (SSSR count). The van der Waals surface area contributed by atoms with Gasteiger partial charge in [-0.25, -0.2) is 4.21 Å². The molecule has 2 bridgehead atoms. The van der Waals surface area contributed by atoms with Gasteiger partial charge in [-0.3, -0.25) is 9.52 Å². The Morgan fingerprint density at radius 1 is 1.03 bits per heavy atom. The molecule has 5 nitrogen and oxygen atoms in total. The number of carbonyl (C=O) groups is 1. The van der Waals surface area contributed by atoms with Gasteiger partial charge in [-0.05, 0) is 105 Å². The third kappa shape index (κ3) is 5.36. The topological polar surface area (TPSA) is 58.6 Å². The van der Waals surface area contributed by atoms with Crippen LogP contribution in [0.1, 0.15) is 86.7 Å². The van der Waals surface area contributed by atoms with E-state index in [0.29, 0.717) is 24.0 Å². The maximum Gasteiger partial charge on any atom is 0.263 e. The van der Waals surface area contributed by atoms with Gasteiger partial charge in [0.05, 0.1) is 17.5 Å². The zero-order valence-corrected chi connectivity index (χ0v) is 24.8. The quantitative estimate of drug-likeness (QED) is 0.378. The Hall–Kier alpha value is -2.05. The molecule has 2 aliphatic heterocycles. The molecule has 0 radical (unpaired) electrons. The number of nitrogens with zero attached hydrogens (tertiary/aromatic N) is 1. The van der Waals surface area contributed by atoms with Crippen LogP contribution < -0.4 is 14.4 Å². The largest absolute Gasteiger partial charge is 0.490 e. The molecule has 210 valence electrons. The predicted molar refractivity (Wildman–Crippen MR) is 159 cm³/mol. The van der Waals surface area contributed by atoms with Crippen molar-refractivity contribution in [1.82, 2.24) is 4.72 Å². The molecule has 2 heterocycles. The summed E-state index contributed by atoms with van der Waals surface area (Å²) in [4.78, 5) is 15.8. The van der Waals surface area contributed by atoms with Crippen LogP contribution in [0.5, 0.6) is 5.75 Å². The third-order valence-electron chi connectivity index (χ3n) is 10.1. The summed E-state index contributed by atoms with van der Waals surface area (Å²) < 4.78 is 22.5. The van der Waals surface area contributed by atoms with Crippen molar-refractivity contribution in [3.63, 3.8) is 0 Å². The average molecular weight is 569 g/mol. The molecule has 1 spiro atoms. The van der Waals surface area contributed by atoms with E-state index in [1.807, 2.05) is 31.2 Å². The van der Waals surface area contributed by atoms with Gasteiger partial charge in [0.15, 0.2) is 0 Å². The first-order valence-corrected chi connectivity index (χ1v) is 16.4. The molecule has 0 saturated heterocycles. The minimum Gasteiger partial charge on any atom is -0.490 e.